The molecule has 2 aromatic rings. The van der Waals surface area contributed by atoms with Crippen molar-refractivity contribution in [1.82, 2.24) is 0 Å². The van der Waals surface area contributed by atoms with Gasteiger partial charge in [-0.3, -0.25) is 0 Å². The topological polar surface area (TPSA) is 0 Å². The molecule has 2 aromatic carbocycles. The number of hydrogen-bond acceptors (Lipinski definition) is 0. The fourth-order valence-electron chi connectivity index (χ4n) is 1.43. The first-order valence-electron chi connectivity index (χ1n) is 5.89. The number of rotatable bonds is 0. The second-order valence-corrected chi connectivity index (χ2v) is 4.39. The highest BCUT2D eigenvalue weighted by Gasteiger charge is 2.23. The van der Waals surface area contributed by atoms with Crippen molar-refractivity contribution in [1.29, 1.82) is 0 Å². The van der Waals surface area contributed by atoms with Crippen LogP contribution in [0.3, 0.4) is 0 Å². The molecule has 0 heterocycles. The molecule has 0 spiro atoms. The van der Waals surface area contributed by atoms with Crippen molar-refractivity contribution in [2.24, 2.45) is 0 Å². The highest BCUT2D eigenvalue weighted by atomic mass is 19.2. The predicted octanol–water partition coefficient (Wildman–Crippen LogP) is 5.38. The molecule has 0 saturated carbocycles. The second-order valence-electron chi connectivity index (χ2n) is 4.39. The highest BCUT2D eigenvalue weighted by Crippen LogP contribution is 2.22. The van der Waals surface area contributed by atoms with Crippen LogP contribution in [0.4, 0.5) is 43.9 Å². The third-order valence-corrected chi connectivity index (χ3v) is 2.86. The Labute approximate surface area is 128 Å². The first-order chi connectivity index (χ1) is 10.9. The zero-order valence-corrected chi connectivity index (χ0v) is 11.8. The van der Waals surface area contributed by atoms with Gasteiger partial charge in [0.1, 0.15) is 0 Å². The molecule has 132 valence electrons. The van der Waals surface area contributed by atoms with E-state index in [0.717, 1.165) is 13.8 Å². The van der Waals surface area contributed by atoms with Crippen molar-refractivity contribution in [3.05, 3.63) is 69.3 Å². The van der Waals surface area contributed by atoms with Crippen LogP contribution in [0.2, 0.25) is 0 Å². The minimum atomic E-state index is -2.13. The Kier molecular flexibility index (Phi) is 5.85. The summed E-state index contributed by atoms with van der Waals surface area (Å²) in [6.07, 6.45) is 0. The van der Waals surface area contributed by atoms with Crippen molar-refractivity contribution >= 4 is 0 Å². The molecule has 24 heavy (non-hydrogen) atoms. The fourth-order valence-corrected chi connectivity index (χ4v) is 1.43. The number of hydrogen-bond donors (Lipinski definition) is 0. The van der Waals surface area contributed by atoms with Gasteiger partial charge in [-0.05, 0) is 13.8 Å². The Bertz CT molecular complexity index is 520. The molecule has 0 N–H and O–H groups in total. The van der Waals surface area contributed by atoms with Crippen molar-refractivity contribution < 1.29 is 43.9 Å². The molecule has 0 unspecified atom stereocenters. The van der Waals surface area contributed by atoms with E-state index >= 15 is 0 Å². The first-order valence-corrected chi connectivity index (χ1v) is 5.89. The molecular weight excluding hydrogens is 358 g/mol. The summed E-state index contributed by atoms with van der Waals surface area (Å²) in [5, 5.41) is 0. The maximum absolute atomic E-state index is 12.4. The van der Waals surface area contributed by atoms with Crippen molar-refractivity contribution in [2.45, 2.75) is 13.8 Å². The third-order valence-electron chi connectivity index (χ3n) is 2.86. The Balaban J connectivity index is 0.000000240. The number of benzene rings is 2. The molecule has 10 heteroatoms. The largest absolute Gasteiger partial charge is 0.203 e. The molecule has 0 amide bonds. The van der Waals surface area contributed by atoms with Gasteiger partial charge in [0.2, 0.25) is 11.6 Å². The van der Waals surface area contributed by atoms with Crippen molar-refractivity contribution in [2.75, 3.05) is 0 Å². The summed E-state index contributed by atoms with van der Waals surface area (Å²) in [6, 6.07) is 0. The van der Waals surface area contributed by atoms with E-state index in [1.807, 2.05) is 0 Å². The Morgan fingerprint density at radius 1 is 0.292 bits per heavy atom. The van der Waals surface area contributed by atoms with Gasteiger partial charge in [-0.25, -0.2) is 43.9 Å². The van der Waals surface area contributed by atoms with Crippen LogP contribution in [0, 0.1) is 72.0 Å². The number of halogens is 10. The van der Waals surface area contributed by atoms with Crippen LogP contribution in [0.15, 0.2) is 0 Å². The minimum Gasteiger partial charge on any atom is -0.203 e. The van der Waals surface area contributed by atoms with E-state index in [-0.39, 0.29) is 0 Å². The molecule has 0 aromatic heterocycles. The minimum absolute atomic E-state index is 0.816. The molecule has 0 saturated heterocycles. The Morgan fingerprint density at radius 3 is 0.583 bits per heavy atom. The normalized spacial score (nSPS) is 10.5. The molecule has 0 atom stereocenters. The van der Waals surface area contributed by atoms with E-state index < -0.39 is 69.3 Å². The van der Waals surface area contributed by atoms with Crippen LogP contribution < -0.4 is 0 Å². The lowest BCUT2D eigenvalue weighted by Crippen LogP contribution is -2.03. The van der Waals surface area contributed by atoms with Gasteiger partial charge in [0.05, 0.1) is 0 Å². The van der Waals surface area contributed by atoms with Gasteiger partial charge in [0, 0.05) is 11.1 Å². The standard InChI is InChI=1S/2C7H3F5/c2*1-2-3(8)5(10)7(12)6(11)4(2)9/h2*1H3. The van der Waals surface area contributed by atoms with Crippen molar-refractivity contribution in [3.63, 3.8) is 0 Å². The average molecular weight is 364 g/mol. The molecule has 0 bridgehead atoms. The second kappa shape index (κ2) is 7.10. The molecule has 0 radical (unpaired) electrons. The predicted molar refractivity (Wildman–Crippen MR) is 61.9 cm³/mol. The van der Waals surface area contributed by atoms with E-state index in [4.69, 9.17) is 0 Å². The molecule has 0 fully saturated rings. The van der Waals surface area contributed by atoms with Crippen LogP contribution in [0.5, 0.6) is 0 Å². The van der Waals surface area contributed by atoms with Gasteiger partial charge in [0.15, 0.2) is 46.5 Å². The summed E-state index contributed by atoms with van der Waals surface area (Å²) >= 11 is 0. The monoisotopic (exact) mass is 364 g/mol. The fraction of sp³-hybridized carbons (Fsp3) is 0.143. The van der Waals surface area contributed by atoms with E-state index in [0.29, 0.717) is 0 Å². The lowest BCUT2D eigenvalue weighted by molar-refractivity contribution is 0.373. The van der Waals surface area contributed by atoms with Gasteiger partial charge < -0.3 is 0 Å². The van der Waals surface area contributed by atoms with E-state index in [1.165, 1.54) is 0 Å². The average Bonchev–Trinajstić information content (AvgIpc) is 2.58. The maximum Gasteiger partial charge on any atom is 0.200 e. The molecule has 0 aliphatic rings. The molecule has 0 aliphatic heterocycles. The Hall–Kier alpha value is -2.26. The van der Waals surface area contributed by atoms with Crippen LogP contribution >= 0.6 is 0 Å². The van der Waals surface area contributed by atoms with Crippen molar-refractivity contribution in [3.8, 4) is 0 Å². The van der Waals surface area contributed by atoms with Gasteiger partial charge in [-0.15, -0.1) is 0 Å². The summed E-state index contributed by atoms with van der Waals surface area (Å²) in [6.45, 7) is 1.63. The molecule has 0 aliphatic carbocycles. The summed E-state index contributed by atoms with van der Waals surface area (Å²) < 4.78 is 123. The third kappa shape index (κ3) is 3.31. The zero-order valence-electron chi connectivity index (χ0n) is 11.8. The van der Waals surface area contributed by atoms with Gasteiger partial charge >= 0.3 is 0 Å². The Morgan fingerprint density at radius 2 is 0.417 bits per heavy atom. The van der Waals surface area contributed by atoms with Crippen LogP contribution in [0.25, 0.3) is 0 Å². The zero-order chi connectivity index (χ0) is 18.9. The summed E-state index contributed by atoms with van der Waals surface area (Å²) in [7, 11) is 0. The van der Waals surface area contributed by atoms with Crippen LogP contribution in [-0.2, 0) is 0 Å². The van der Waals surface area contributed by atoms with Gasteiger partial charge in [0.25, 0.3) is 0 Å². The van der Waals surface area contributed by atoms with E-state index in [9.17, 15) is 43.9 Å². The molecule has 0 nitrogen and oxygen atoms in total. The summed E-state index contributed by atoms with van der Waals surface area (Å²) in [4.78, 5) is 0. The maximum atomic E-state index is 12.4. The van der Waals surface area contributed by atoms with E-state index in [1.54, 1.807) is 0 Å². The molecular formula is C14H6F10. The van der Waals surface area contributed by atoms with E-state index in [2.05, 4.69) is 0 Å². The van der Waals surface area contributed by atoms with Crippen LogP contribution in [-0.4, -0.2) is 0 Å². The highest BCUT2D eigenvalue weighted by molar-refractivity contribution is 5.23. The van der Waals surface area contributed by atoms with Gasteiger partial charge in [-0.2, -0.15) is 0 Å². The smallest absolute Gasteiger partial charge is 0.200 e. The lowest BCUT2D eigenvalue weighted by Gasteiger charge is -2.02. The quantitative estimate of drug-likeness (QED) is 0.334. The lowest BCUT2D eigenvalue weighted by atomic mass is 10.2. The summed E-state index contributed by atoms with van der Waals surface area (Å²) in [5.74, 6) is -19.0. The molecule has 2 rings (SSSR count). The first kappa shape index (κ1) is 19.8. The summed E-state index contributed by atoms with van der Waals surface area (Å²) in [5.41, 5.74) is -1.74. The SMILES string of the molecule is Cc1c(F)c(F)c(F)c(F)c1F.Cc1c(F)c(F)c(F)c(F)c1F. The van der Waals surface area contributed by atoms with Crippen LogP contribution in [0.1, 0.15) is 11.1 Å². The van der Waals surface area contributed by atoms with Gasteiger partial charge in [-0.1, -0.05) is 0 Å².